The molecule has 34 heavy (non-hydrogen) atoms. The molecule has 0 aliphatic carbocycles. The van der Waals surface area contributed by atoms with Crippen molar-refractivity contribution in [1.82, 2.24) is 19.6 Å². The van der Waals surface area contributed by atoms with Gasteiger partial charge in [-0.2, -0.15) is 19.8 Å². The van der Waals surface area contributed by atoms with E-state index < -0.39 is 11.1 Å². The Morgan fingerprint density at radius 1 is 0.971 bits per heavy atom. The van der Waals surface area contributed by atoms with Crippen LogP contribution in [0.1, 0.15) is 21.5 Å². The first-order valence-electron chi connectivity index (χ1n) is 10.6. The molecule has 1 amide bonds. The number of amides is 1. The summed E-state index contributed by atoms with van der Waals surface area (Å²) in [6.07, 6.45) is 2.33. The van der Waals surface area contributed by atoms with Crippen molar-refractivity contribution in [2.75, 3.05) is 5.32 Å². The molecule has 9 heteroatoms. The number of fused-ring (bicyclic) bond motifs is 1. The molecule has 2 aromatic heterocycles. The van der Waals surface area contributed by atoms with Crippen LogP contribution < -0.4 is 10.5 Å². The number of nitrogens with zero attached hydrogens (tertiary/aromatic N) is 4. The third-order valence-corrected chi connectivity index (χ3v) is 5.31. The van der Waals surface area contributed by atoms with Gasteiger partial charge in [0.05, 0.1) is 6.20 Å². The highest BCUT2D eigenvalue weighted by molar-refractivity contribution is 6.04. The molecule has 0 aliphatic heterocycles. The number of carbonyl (C=O) groups is 1. The summed E-state index contributed by atoms with van der Waals surface area (Å²) >= 11 is 0. The molecule has 0 aliphatic rings. The number of nitrogens with one attached hydrogen (secondary N) is 2. The van der Waals surface area contributed by atoms with E-state index in [0.717, 1.165) is 16.7 Å². The normalized spacial score (nSPS) is 11.9. The van der Waals surface area contributed by atoms with Crippen LogP contribution in [0.5, 0.6) is 0 Å². The molecule has 0 spiro atoms. The molecule has 3 aromatic carbocycles. The highest BCUT2D eigenvalue weighted by Gasteiger charge is 2.18. The fraction of sp³-hybridized carbons (Fsp3) is 0.0400. The van der Waals surface area contributed by atoms with Gasteiger partial charge in [-0.15, -0.1) is 0 Å². The predicted octanol–water partition coefficient (Wildman–Crippen LogP) is 3.04. The van der Waals surface area contributed by atoms with E-state index in [9.17, 15) is 15.2 Å². The topological polar surface area (TPSA) is 120 Å². The summed E-state index contributed by atoms with van der Waals surface area (Å²) in [4.78, 5) is 22.3. The van der Waals surface area contributed by atoms with Crippen molar-refractivity contribution in [3.63, 3.8) is 0 Å². The molecule has 0 fully saturated rings. The van der Waals surface area contributed by atoms with Crippen LogP contribution in [-0.4, -0.2) is 30.7 Å². The first kappa shape index (κ1) is 21.4. The Hall–Kier alpha value is -4.44. The molecule has 0 bridgehead atoms. The Morgan fingerprint density at radius 3 is 2.44 bits per heavy atom. The van der Waals surface area contributed by atoms with Gasteiger partial charge in [0.1, 0.15) is 0 Å². The largest absolute Gasteiger partial charge is 0.595 e. The highest BCUT2D eigenvalue weighted by Crippen LogP contribution is 2.22. The van der Waals surface area contributed by atoms with Gasteiger partial charge in [0.2, 0.25) is 5.95 Å². The monoisotopic (exact) mass is 452 g/mol. The Kier molecular flexibility index (Phi) is 5.79. The van der Waals surface area contributed by atoms with Crippen molar-refractivity contribution < 1.29 is 15.2 Å². The van der Waals surface area contributed by atoms with Crippen LogP contribution in [0.3, 0.4) is 0 Å². The minimum atomic E-state index is -1.11. The molecule has 5 aromatic rings. The minimum absolute atomic E-state index is 0.0229. The van der Waals surface area contributed by atoms with Gasteiger partial charge >= 0.3 is 0 Å². The maximum atomic E-state index is 13.0. The van der Waals surface area contributed by atoms with E-state index in [1.54, 1.807) is 12.3 Å². The molecular formula is C25H20N6O3. The van der Waals surface area contributed by atoms with Crippen molar-refractivity contribution in [3.8, 4) is 11.4 Å². The average molecular weight is 452 g/mol. The smallest absolute Gasteiger partial charge is 0.258 e. The SMILES string of the molecule is O=C(Nc1nc(-c2ccccc2)nc2c(Cc3ccccc3)cnn12)c1cccc([NH+]([O-])O)c1. The van der Waals surface area contributed by atoms with Crippen molar-refractivity contribution in [2.24, 2.45) is 0 Å². The molecule has 168 valence electrons. The Morgan fingerprint density at radius 2 is 1.71 bits per heavy atom. The standard InChI is InChI=1S/C25H20N6O3/c32-24(19-12-7-13-21(15-19)31(33)34)29-25-28-22(18-10-5-2-6-11-18)27-23-20(16-26-30(23)25)14-17-8-3-1-4-9-17/h1-13,15-16,31,33H,14H2,(H,27,28,29,32). The van der Waals surface area contributed by atoms with Crippen LogP contribution in [0.2, 0.25) is 0 Å². The summed E-state index contributed by atoms with van der Waals surface area (Å²) in [5.41, 5.74) is 3.58. The summed E-state index contributed by atoms with van der Waals surface area (Å²) in [5, 5.41) is 26.6. The van der Waals surface area contributed by atoms with E-state index >= 15 is 0 Å². The van der Waals surface area contributed by atoms with E-state index in [1.165, 1.54) is 22.7 Å². The predicted molar refractivity (Wildman–Crippen MR) is 126 cm³/mol. The molecule has 9 nitrogen and oxygen atoms in total. The lowest BCUT2D eigenvalue weighted by atomic mass is 10.1. The van der Waals surface area contributed by atoms with Gasteiger partial charge in [0.15, 0.2) is 17.2 Å². The van der Waals surface area contributed by atoms with Crippen LogP contribution in [0.15, 0.2) is 91.1 Å². The summed E-state index contributed by atoms with van der Waals surface area (Å²) in [5.74, 6) is 0.133. The second-order valence-corrected chi connectivity index (χ2v) is 7.64. The molecule has 0 radical (unpaired) electrons. The van der Waals surface area contributed by atoms with Gasteiger partial charge in [0, 0.05) is 35.2 Å². The van der Waals surface area contributed by atoms with E-state index in [1.807, 2.05) is 60.7 Å². The number of rotatable bonds is 6. The maximum Gasteiger partial charge on any atom is 0.258 e. The van der Waals surface area contributed by atoms with E-state index in [2.05, 4.69) is 15.4 Å². The highest BCUT2D eigenvalue weighted by atomic mass is 16.8. The van der Waals surface area contributed by atoms with E-state index in [0.29, 0.717) is 17.9 Å². The van der Waals surface area contributed by atoms with Gasteiger partial charge < -0.3 is 5.21 Å². The fourth-order valence-electron chi connectivity index (χ4n) is 3.63. The summed E-state index contributed by atoms with van der Waals surface area (Å²) < 4.78 is 1.49. The lowest BCUT2D eigenvalue weighted by Crippen LogP contribution is -2.99. The summed E-state index contributed by atoms with van der Waals surface area (Å²) in [6, 6.07) is 25.2. The van der Waals surface area contributed by atoms with Gasteiger partial charge in [-0.25, -0.2) is 10.2 Å². The maximum absolute atomic E-state index is 13.0. The van der Waals surface area contributed by atoms with Crippen molar-refractivity contribution in [3.05, 3.63) is 113 Å². The number of carbonyl (C=O) groups excluding carboxylic acids is 1. The molecule has 2 heterocycles. The lowest BCUT2D eigenvalue weighted by Gasteiger charge is -2.13. The number of hydrogen-bond acceptors (Lipinski definition) is 6. The number of hydrogen-bond donors (Lipinski definition) is 3. The number of benzene rings is 3. The van der Waals surface area contributed by atoms with Gasteiger partial charge in [-0.1, -0.05) is 66.7 Å². The zero-order valence-corrected chi connectivity index (χ0v) is 17.9. The zero-order valence-electron chi connectivity index (χ0n) is 17.9. The van der Waals surface area contributed by atoms with Crippen LogP contribution >= 0.6 is 0 Å². The third-order valence-electron chi connectivity index (χ3n) is 5.31. The molecular weight excluding hydrogens is 432 g/mol. The zero-order chi connectivity index (χ0) is 23.5. The Labute approximate surface area is 194 Å². The van der Waals surface area contributed by atoms with Gasteiger partial charge in [0.25, 0.3) is 5.91 Å². The minimum Gasteiger partial charge on any atom is -0.595 e. The lowest BCUT2D eigenvalue weighted by molar-refractivity contribution is -0.991. The number of anilines is 1. The molecule has 0 saturated heterocycles. The fourth-order valence-corrected chi connectivity index (χ4v) is 3.63. The van der Waals surface area contributed by atoms with Crippen LogP contribution in [-0.2, 0) is 6.42 Å². The molecule has 0 saturated carbocycles. The molecule has 1 atom stereocenters. The summed E-state index contributed by atoms with van der Waals surface area (Å²) in [6.45, 7) is 0. The molecule has 5 rings (SSSR count). The first-order valence-corrected chi connectivity index (χ1v) is 10.6. The second-order valence-electron chi connectivity index (χ2n) is 7.64. The quantitative estimate of drug-likeness (QED) is 0.341. The second kappa shape index (κ2) is 9.20. The van der Waals surface area contributed by atoms with Crippen molar-refractivity contribution in [1.29, 1.82) is 0 Å². The number of quaternary nitrogens is 1. The van der Waals surface area contributed by atoms with Gasteiger partial charge in [-0.3, -0.25) is 10.1 Å². The third kappa shape index (κ3) is 4.39. The average Bonchev–Trinajstić information content (AvgIpc) is 3.28. The van der Waals surface area contributed by atoms with Crippen molar-refractivity contribution in [2.45, 2.75) is 6.42 Å². The van der Waals surface area contributed by atoms with Gasteiger partial charge in [-0.05, 0) is 11.6 Å². The first-order chi connectivity index (χ1) is 16.6. The Bertz CT molecular complexity index is 1450. The summed E-state index contributed by atoms with van der Waals surface area (Å²) in [7, 11) is 0. The Balaban J connectivity index is 1.57. The number of aromatic nitrogens is 4. The van der Waals surface area contributed by atoms with Crippen molar-refractivity contribution >= 4 is 23.2 Å². The molecule has 1 unspecified atom stereocenters. The molecule has 3 N–H and O–H groups in total. The van der Waals surface area contributed by atoms with Crippen LogP contribution in [0, 0.1) is 5.21 Å². The van der Waals surface area contributed by atoms with Crippen LogP contribution in [0.25, 0.3) is 17.0 Å². The van der Waals surface area contributed by atoms with E-state index in [-0.39, 0.29) is 17.2 Å². The van der Waals surface area contributed by atoms with Crippen LogP contribution in [0.4, 0.5) is 11.6 Å². The van der Waals surface area contributed by atoms with E-state index in [4.69, 9.17) is 4.98 Å².